The fourth-order valence-corrected chi connectivity index (χ4v) is 3.66. The van der Waals surface area contributed by atoms with Gasteiger partial charge in [-0.1, -0.05) is 44.0 Å². The van der Waals surface area contributed by atoms with Crippen molar-refractivity contribution in [1.82, 2.24) is 0 Å². The van der Waals surface area contributed by atoms with Crippen LogP contribution in [0.3, 0.4) is 0 Å². The van der Waals surface area contributed by atoms with Crippen molar-refractivity contribution < 1.29 is 9.47 Å². The van der Waals surface area contributed by atoms with Crippen LogP contribution in [0.15, 0.2) is 74.1 Å². The number of methoxy groups -OCH3 is 1. The van der Waals surface area contributed by atoms with E-state index in [0.29, 0.717) is 24.7 Å². The summed E-state index contributed by atoms with van der Waals surface area (Å²) in [4.78, 5) is 0. The highest BCUT2D eigenvalue weighted by molar-refractivity contribution is 9.11. The van der Waals surface area contributed by atoms with Crippen LogP contribution in [-0.4, -0.2) is 7.11 Å². The Morgan fingerprint density at radius 2 is 1.44 bits per heavy atom. The van der Waals surface area contributed by atoms with Crippen molar-refractivity contribution in [3.63, 3.8) is 0 Å². The predicted molar refractivity (Wildman–Crippen MR) is 121 cm³/mol. The largest absolute Gasteiger partial charge is 0.493 e. The molecule has 0 radical (unpaired) electrons. The number of anilines is 1. The van der Waals surface area contributed by atoms with Crippen LogP contribution in [0, 0.1) is 0 Å². The van der Waals surface area contributed by atoms with Crippen molar-refractivity contribution >= 4 is 53.5 Å². The van der Waals surface area contributed by atoms with E-state index in [1.54, 1.807) is 7.11 Å². The molecule has 0 fully saturated rings. The second-order valence-electron chi connectivity index (χ2n) is 5.88. The molecule has 0 spiro atoms. The third kappa shape index (κ3) is 5.74. The van der Waals surface area contributed by atoms with Crippen LogP contribution in [-0.2, 0) is 13.2 Å². The summed E-state index contributed by atoms with van der Waals surface area (Å²) >= 11 is 10.5. The van der Waals surface area contributed by atoms with E-state index in [-0.39, 0.29) is 0 Å². The lowest BCUT2D eigenvalue weighted by molar-refractivity contribution is 0.282. The molecule has 140 valence electrons. The van der Waals surface area contributed by atoms with E-state index in [1.165, 1.54) is 0 Å². The first-order valence-electron chi connectivity index (χ1n) is 8.28. The van der Waals surface area contributed by atoms with Crippen LogP contribution in [0.1, 0.15) is 11.1 Å². The van der Waals surface area contributed by atoms with Crippen molar-refractivity contribution in [3.05, 3.63) is 85.2 Å². The zero-order chi connectivity index (χ0) is 19.2. The highest BCUT2D eigenvalue weighted by Crippen LogP contribution is 2.37. The van der Waals surface area contributed by atoms with Crippen molar-refractivity contribution in [2.24, 2.45) is 0 Å². The minimum absolute atomic E-state index is 0.471. The molecule has 0 amide bonds. The summed E-state index contributed by atoms with van der Waals surface area (Å²) in [6.45, 7) is 1.16. The molecule has 1 N–H and O–H groups in total. The van der Waals surface area contributed by atoms with E-state index >= 15 is 0 Å². The molecule has 0 aliphatic rings. The third-order valence-electron chi connectivity index (χ3n) is 3.93. The van der Waals surface area contributed by atoms with Crippen molar-refractivity contribution in [1.29, 1.82) is 0 Å². The first-order valence-corrected chi connectivity index (χ1v) is 10.7. The van der Waals surface area contributed by atoms with Gasteiger partial charge in [0, 0.05) is 21.2 Å². The van der Waals surface area contributed by atoms with E-state index in [4.69, 9.17) is 9.47 Å². The number of ether oxygens (including phenoxy) is 2. The molecule has 0 saturated heterocycles. The fourth-order valence-electron chi connectivity index (χ4n) is 2.52. The minimum Gasteiger partial charge on any atom is -0.493 e. The summed E-state index contributed by atoms with van der Waals surface area (Å²) in [5.74, 6) is 1.40. The van der Waals surface area contributed by atoms with Crippen LogP contribution >= 0.6 is 47.8 Å². The summed E-state index contributed by atoms with van der Waals surface area (Å²) in [5, 5.41) is 3.41. The van der Waals surface area contributed by atoms with Crippen molar-refractivity contribution in [2.75, 3.05) is 12.4 Å². The number of hydrogen-bond donors (Lipinski definition) is 1. The van der Waals surface area contributed by atoms with Gasteiger partial charge in [-0.05, 0) is 75.6 Å². The number of hydrogen-bond acceptors (Lipinski definition) is 3. The summed E-state index contributed by atoms with van der Waals surface area (Å²) < 4.78 is 14.5. The Hall–Kier alpha value is -1.50. The van der Waals surface area contributed by atoms with Crippen LogP contribution in [0.25, 0.3) is 0 Å². The normalized spacial score (nSPS) is 10.5. The molecule has 0 atom stereocenters. The number of benzene rings is 3. The molecule has 0 aromatic heterocycles. The van der Waals surface area contributed by atoms with Gasteiger partial charge in [0.05, 0.1) is 11.6 Å². The van der Waals surface area contributed by atoms with E-state index in [1.807, 2.05) is 60.7 Å². The summed E-state index contributed by atoms with van der Waals surface area (Å²) in [5.41, 5.74) is 3.25. The fraction of sp³-hybridized carbons (Fsp3) is 0.143. The van der Waals surface area contributed by atoms with Crippen molar-refractivity contribution in [3.8, 4) is 11.5 Å². The molecule has 0 aliphatic carbocycles. The molecular formula is C21H18Br3NO2. The smallest absolute Gasteiger partial charge is 0.175 e. The Kier molecular flexibility index (Phi) is 7.21. The summed E-state index contributed by atoms with van der Waals surface area (Å²) in [6.07, 6.45) is 0. The molecule has 3 rings (SSSR count). The molecule has 0 aliphatic heterocycles. The zero-order valence-corrected chi connectivity index (χ0v) is 19.4. The first-order chi connectivity index (χ1) is 13.0. The van der Waals surface area contributed by atoms with Gasteiger partial charge < -0.3 is 14.8 Å². The van der Waals surface area contributed by atoms with Crippen LogP contribution < -0.4 is 14.8 Å². The molecule has 6 heteroatoms. The zero-order valence-electron chi connectivity index (χ0n) is 14.6. The third-order valence-corrected chi connectivity index (χ3v) is 5.57. The first kappa shape index (κ1) is 20.2. The van der Waals surface area contributed by atoms with Gasteiger partial charge in [-0.2, -0.15) is 0 Å². The molecule has 3 aromatic carbocycles. The highest BCUT2D eigenvalue weighted by atomic mass is 79.9. The molecule has 0 saturated carbocycles. The lowest BCUT2D eigenvalue weighted by Gasteiger charge is -2.15. The molecule has 27 heavy (non-hydrogen) atoms. The predicted octanol–water partition coefficient (Wildman–Crippen LogP) is 7.17. The van der Waals surface area contributed by atoms with Gasteiger partial charge >= 0.3 is 0 Å². The van der Waals surface area contributed by atoms with Gasteiger partial charge in [0.15, 0.2) is 11.5 Å². The maximum Gasteiger partial charge on any atom is 0.175 e. The Morgan fingerprint density at radius 1 is 0.815 bits per heavy atom. The van der Waals surface area contributed by atoms with Crippen molar-refractivity contribution in [2.45, 2.75) is 13.2 Å². The Balaban J connectivity index is 1.70. The van der Waals surface area contributed by atoms with E-state index < -0.39 is 0 Å². The second kappa shape index (κ2) is 9.62. The maximum absolute atomic E-state index is 6.00. The molecule has 0 heterocycles. The molecular weight excluding hydrogens is 538 g/mol. The van der Waals surface area contributed by atoms with E-state index in [9.17, 15) is 0 Å². The number of halogens is 3. The van der Waals surface area contributed by atoms with Gasteiger partial charge in [0.1, 0.15) is 6.61 Å². The molecule has 3 nitrogen and oxygen atoms in total. The lowest BCUT2D eigenvalue weighted by Crippen LogP contribution is -2.02. The van der Waals surface area contributed by atoms with Gasteiger partial charge in [-0.3, -0.25) is 0 Å². The van der Waals surface area contributed by atoms with Gasteiger partial charge in [-0.15, -0.1) is 0 Å². The van der Waals surface area contributed by atoms with Gasteiger partial charge in [0.2, 0.25) is 0 Å². The molecule has 3 aromatic rings. The van der Waals surface area contributed by atoms with Crippen LogP contribution in [0.4, 0.5) is 5.69 Å². The standard InChI is InChI=1S/C21H18Br3NO2/c1-26-20-11-15(12-25-18-8-6-17(23)7-9-18)10-19(24)21(20)27-13-14-2-4-16(22)5-3-14/h2-11,25H,12-13H2,1H3. The quantitative estimate of drug-likeness (QED) is 0.335. The maximum atomic E-state index is 6.00. The minimum atomic E-state index is 0.471. The van der Waals surface area contributed by atoms with E-state index in [0.717, 1.165) is 30.2 Å². The Bertz CT molecular complexity index is 897. The molecule has 0 unspecified atom stereocenters. The number of rotatable bonds is 7. The Labute approximate surface area is 184 Å². The average Bonchev–Trinajstić information content (AvgIpc) is 2.67. The monoisotopic (exact) mass is 553 g/mol. The lowest BCUT2D eigenvalue weighted by atomic mass is 10.2. The second-order valence-corrected chi connectivity index (χ2v) is 8.57. The topological polar surface area (TPSA) is 30.5 Å². The van der Waals surface area contributed by atoms with Gasteiger partial charge in [-0.25, -0.2) is 0 Å². The SMILES string of the molecule is COc1cc(CNc2ccc(Br)cc2)cc(Br)c1OCc1ccc(Br)cc1. The van der Waals surface area contributed by atoms with Gasteiger partial charge in [0.25, 0.3) is 0 Å². The summed E-state index contributed by atoms with van der Waals surface area (Å²) in [6, 6.07) is 20.2. The summed E-state index contributed by atoms with van der Waals surface area (Å²) in [7, 11) is 1.65. The highest BCUT2D eigenvalue weighted by Gasteiger charge is 2.12. The Morgan fingerprint density at radius 3 is 2.07 bits per heavy atom. The van der Waals surface area contributed by atoms with Crippen LogP contribution in [0.2, 0.25) is 0 Å². The number of nitrogens with one attached hydrogen (secondary N) is 1. The van der Waals surface area contributed by atoms with Crippen LogP contribution in [0.5, 0.6) is 11.5 Å². The molecule has 0 bridgehead atoms. The average molecular weight is 556 g/mol. The van der Waals surface area contributed by atoms with E-state index in [2.05, 4.69) is 53.1 Å².